The van der Waals surface area contributed by atoms with Crippen LogP contribution < -0.4 is 14.8 Å². The molecule has 0 spiro atoms. The molecule has 0 atom stereocenters. The van der Waals surface area contributed by atoms with Gasteiger partial charge in [-0.3, -0.25) is 9.69 Å². The fraction of sp³-hybridized carbons (Fsp3) is 0.409. The third-order valence-corrected chi connectivity index (χ3v) is 5.00. The van der Waals surface area contributed by atoms with Gasteiger partial charge in [0.15, 0.2) is 0 Å². The second kappa shape index (κ2) is 9.57. The Labute approximate surface area is 166 Å². The van der Waals surface area contributed by atoms with Crippen molar-refractivity contribution in [1.82, 2.24) is 10.2 Å². The van der Waals surface area contributed by atoms with E-state index in [0.717, 1.165) is 35.5 Å². The van der Waals surface area contributed by atoms with Gasteiger partial charge in [0.25, 0.3) is 0 Å². The van der Waals surface area contributed by atoms with Gasteiger partial charge in [-0.2, -0.15) is 0 Å². The Balaban J connectivity index is 1.79. The van der Waals surface area contributed by atoms with Gasteiger partial charge in [0, 0.05) is 12.6 Å². The molecule has 0 aromatic heterocycles. The largest absolute Gasteiger partial charge is 0.497 e. The Kier molecular flexibility index (Phi) is 6.90. The molecule has 6 heteroatoms. The molecular formula is C22H28N2O4. The molecule has 28 heavy (non-hydrogen) atoms. The second-order valence-corrected chi connectivity index (χ2v) is 6.97. The Morgan fingerprint density at radius 2 is 1.54 bits per heavy atom. The SMILES string of the molecule is COc1ccc(C(NC(=O)CN(CCO)C2CC2)c2ccc(OC)cc2)cc1. The van der Waals surface area contributed by atoms with E-state index in [1.807, 2.05) is 48.5 Å². The summed E-state index contributed by atoms with van der Waals surface area (Å²) in [5, 5.41) is 12.4. The summed E-state index contributed by atoms with van der Waals surface area (Å²) in [7, 11) is 3.26. The van der Waals surface area contributed by atoms with Crippen LogP contribution in [-0.2, 0) is 4.79 Å². The van der Waals surface area contributed by atoms with Gasteiger partial charge >= 0.3 is 0 Å². The number of rotatable bonds is 10. The molecule has 1 aliphatic carbocycles. The van der Waals surface area contributed by atoms with Crippen molar-refractivity contribution in [2.24, 2.45) is 0 Å². The number of hydrogen-bond donors (Lipinski definition) is 2. The maximum Gasteiger partial charge on any atom is 0.234 e. The zero-order chi connectivity index (χ0) is 19.9. The van der Waals surface area contributed by atoms with E-state index in [4.69, 9.17) is 9.47 Å². The molecule has 0 unspecified atom stereocenters. The summed E-state index contributed by atoms with van der Waals surface area (Å²) in [5.41, 5.74) is 1.94. The molecule has 0 aliphatic heterocycles. The highest BCUT2D eigenvalue weighted by Crippen LogP contribution is 2.28. The van der Waals surface area contributed by atoms with Crippen molar-refractivity contribution in [3.63, 3.8) is 0 Å². The molecule has 3 rings (SSSR count). The number of hydrogen-bond acceptors (Lipinski definition) is 5. The van der Waals surface area contributed by atoms with E-state index in [0.29, 0.717) is 12.6 Å². The molecule has 0 heterocycles. The molecule has 1 aliphatic rings. The lowest BCUT2D eigenvalue weighted by atomic mass is 9.98. The van der Waals surface area contributed by atoms with Gasteiger partial charge in [-0.1, -0.05) is 24.3 Å². The van der Waals surface area contributed by atoms with Crippen LogP contribution in [0.2, 0.25) is 0 Å². The quantitative estimate of drug-likeness (QED) is 0.658. The van der Waals surface area contributed by atoms with Gasteiger partial charge < -0.3 is 19.9 Å². The van der Waals surface area contributed by atoms with Gasteiger partial charge in [0.1, 0.15) is 11.5 Å². The third-order valence-electron chi connectivity index (χ3n) is 5.00. The third kappa shape index (κ3) is 5.24. The summed E-state index contributed by atoms with van der Waals surface area (Å²) < 4.78 is 10.5. The first-order chi connectivity index (χ1) is 13.6. The standard InChI is InChI=1S/C22H28N2O4/c1-27-19-9-3-16(4-10-19)22(17-5-11-20(28-2)12-6-17)23-21(26)15-24(13-14-25)18-7-8-18/h3-6,9-12,18,22,25H,7-8,13-15H2,1-2H3,(H,23,26). The first kappa shape index (κ1) is 20.2. The van der Waals surface area contributed by atoms with Gasteiger partial charge in [-0.25, -0.2) is 0 Å². The Morgan fingerprint density at radius 3 is 1.93 bits per heavy atom. The molecule has 1 amide bonds. The maximum atomic E-state index is 12.8. The number of nitrogens with zero attached hydrogens (tertiary/aromatic N) is 1. The maximum absolute atomic E-state index is 12.8. The van der Waals surface area contributed by atoms with Crippen LogP contribution >= 0.6 is 0 Å². The number of benzene rings is 2. The van der Waals surface area contributed by atoms with Gasteiger partial charge in [-0.15, -0.1) is 0 Å². The minimum Gasteiger partial charge on any atom is -0.497 e. The number of aliphatic hydroxyl groups is 1. The van der Waals surface area contributed by atoms with Crippen molar-refractivity contribution >= 4 is 5.91 Å². The lowest BCUT2D eigenvalue weighted by Crippen LogP contribution is -2.41. The van der Waals surface area contributed by atoms with Crippen LogP contribution in [0.25, 0.3) is 0 Å². The number of ether oxygens (including phenoxy) is 2. The van der Waals surface area contributed by atoms with E-state index in [-0.39, 0.29) is 25.1 Å². The molecule has 2 aromatic carbocycles. The Bertz CT molecular complexity index is 710. The molecule has 150 valence electrons. The predicted octanol–water partition coefficient (Wildman–Crippen LogP) is 2.37. The minimum atomic E-state index is -0.278. The monoisotopic (exact) mass is 384 g/mol. The number of nitrogens with one attached hydrogen (secondary N) is 1. The average molecular weight is 384 g/mol. The molecule has 1 fully saturated rings. The molecule has 0 bridgehead atoms. The van der Waals surface area contributed by atoms with Crippen molar-refractivity contribution in [2.75, 3.05) is 33.9 Å². The van der Waals surface area contributed by atoms with Gasteiger partial charge in [0.2, 0.25) is 5.91 Å². The summed E-state index contributed by atoms with van der Waals surface area (Å²) in [4.78, 5) is 14.8. The summed E-state index contributed by atoms with van der Waals surface area (Å²) in [5.74, 6) is 1.48. The van der Waals surface area contributed by atoms with Crippen molar-refractivity contribution in [1.29, 1.82) is 0 Å². The number of carbonyl (C=O) groups excluding carboxylic acids is 1. The van der Waals surface area contributed by atoms with E-state index >= 15 is 0 Å². The van der Waals surface area contributed by atoms with Crippen LogP contribution in [0.5, 0.6) is 11.5 Å². The van der Waals surface area contributed by atoms with E-state index in [9.17, 15) is 9.90 Å². The van der Waals surface area contributed by atoms with Crippen molar-refractivity contribution < 1.29 is 19.4 Å². The van der Waals surface area contributed by atoms with E-state index in [2.05, 4.69) is 10.2 Å². The molecule has 6 nitrogen and oxygen atoms in total. The summed E-state index contributed by atoms with van der Waals surface area (Å²) >= 11 is 0. The Morgan fingerprint density at radius 1 is 1.04 bits per heavy atom. The minimum absolute atomic E-state index is 0.0583. The second-order valence-electron chi connectivity index (χ2n) is 6.97. The highest BCUT2D eigenvalue weighted by molar-refractivity contribution is 5.79. The summed E-state index contributed by atoms with van der Waals surface area (Å²) in [6, 6.07) is 15.5. The van der Waals surface area contributed by atoms with Crippen molar-refractivity contribution in [3.05, 3.63) is 59.7 Å². The van der Waals surface area contributed by atoms with Crippen molar-refractivity contribution in [3.8, 4) is 11.5 Å². The van der Waals surface area contributed by atoms with E-state index < -0.39 is 0 Å². The normalized spacial score (nSPS) is 13.6. The zero-order valence-electron chi connectivity index (χ0n) is 16.4. The van der Waals surface area contributed by atoms with E-state index in [1.165, 1.54) is 0 Å². The topological polar surface area (TPSA) is 71.0 Å². The van der Waals surface area contributed by atoms with Gasteiger partial charge in [0.05, 0.1) is 33.4 Å². The highest BCUT2D eigenvalue weighted by atomic mass is 16.5. The molecule has 0 radical (unpaired) electrons. The highest BCUT2D eigenvalue weighted by Gasteiger charge is 2.30. The first-order valence-electron chi connectivity index (χ1n) is 9.56. The number of amides is 1. The fourth-order valence-corrected chi connectivity index (χ4v) is 3.30. The van der Waals surface area contributed by atoms with Crippen LogP contribution in [0.1, 0.15) is 30.0 Å². The Hall–Kier alpha value is -2.57. The number of carbonyl (C=O) groups is 1. The number of methoxy groups -OCH3 is 2. The van der Waals surface area contributed by atoms with Crippen LogP contribution in [0.15, 0.2) is 48.5 Å². The molecule has 2 aromatic rings. The predicted molar refractivity (Wildman–Crippen MR) is 108 cm³/mol. The summed E-state index contributed by atoms with van der Waals surface area (Å²) in [6.45, 7) is 0.867. The zero-order valence-corrected chi connectivity index (χ0v) is 16.4. The summed E-state index contributed by atoms with van der Waals surface area (Å²) in [6.07, 6.45) is 2.18. The van der Waals surface area contributed by atoms with Crippen LogP contribution in [0.4, 0.5) is 0 Å². The molecule has 1 saturated carbocycles. The van der Waals surface area contributed by atoms with Gasteiger partial charge in [-0.05, 0) is 48.2 Å². The fourth-order valence-electron chi connectivity index (χ4n) is 3.30. The lowest BCUT2D eigenvalue weighted by Gasteiger charge is -2.24. The lowest BCUT2D eigenvalue weighted by molar-refractivity contribution is -0.123. The molecule has 2 N–H and O–H groups in total. The average Bonchev–Trinajstić information content (AvgIpc) is 3.57. The molecule has 0 saturated heterocycles. The van der Waals surface area contributed by atoms with Crippen LogP contribution in [-0.4, -0.2) is 55.9 Å². The van der Waals surface area contributed by atoms with E-state index in [1.54, 1.807) is 14.2 Å². The van der Waals surface area contributed by atoms with Crippen LogP contribution in [0.3, 0.4) is 0 Å². The van der Waals surface area contributed by atoms with Crippen molar-refractivity contribution in [2.45, 2.75) is 24.9 Å². The first-order valence-corrected chi connectivity index (χ1v) is 9.56. The smallest absolute Gasteiger partial charge is 0.234 e. The van der Waals surface area contributed by atoms with Crippen LogP contribution in [0, 0.1) is 0 Å². The molecular weight excluding hydrogens is 356 g/mol. The number of aliphatic hydroxyl groups excluding tert-OH is 1.